The highest BCUT2D eigenvalue weighted by Crippen LogP contribution is 2.35. The monoisotopic (exact) mass is 572 g/mol. The summed E-state index contributed by atoms with van der Waals surface area (Å²) in [7, 11) is 0. The van der Waals surface area contributed by atoms with E-state index in [0.717, 1.165) is 24.6 Å². The van der Waals surface area contributed by atoms with Gasteiger partial charge in [-0.25, -0.2) is 9.97 Å². The molecule has 4 rings (SSSR count). The van der Waals surface area contributed by atoms with Crippen LogP contribution >= 0.6 is 22.7 Å². The predicted molar refractivity (Wildman–Crippen MR) is 135 cm³/mol. The second-order valence-corrected chi connectivity index (χ2v) is 9.56. The van der Waals surface area contributed by atoms with Gasteiger partial charge >= 0.3 is 12.8 Å². The van der Waals surface area contributed by atoms with Crippen molar-refractivity contribution in [1.29, 1.82) is 0 Å². The van der Waals surface area contributed by atoms with E-state index in [0.29, 0.717) is 28.5 Å². The molecule has 0 aliphatic heterocycles. The summed E-state index contributed by atoms with van der Waals surface area (Å²) < 4.78 is 76.6. The van der Waals surface area contributed by atoms with Crippen molar-refractivity contribution in [1.82, 2.24) is 14.4 Å². The fraction of sp³-hybridized carbons (Fsp3) is 0.292. The van der Waals surface area contributed by atoms with Gasteiger partial charge in [-0.1, -0.05) is 31.9 Å². The Balaban J connectivity index is 1.64. The maximum Gasteiger partial charge on any atom is 0.434 e. The van der Waals surface area contributed by atoms with Gasteiger partial charge in [-0.05, 0) is 24.6 Å². The number of nitrogens with one attached hydrogen (secondary N) is 1. The number of amides is 1. The Morgan fingerprint density at radius 1 is 1.18 bits per heavy atom. The first-order chi connectivity index (χ1) is 18.2. The van der Waals surface area contributed by atoms with Gasteiger partial charge in [0, 0.05) is 22.5 Å². The fourth-order valence-electron chi connectivity index (χ4n) is 3.46. The number of imidazole rings is 1. The van der Waals surface area contributed by atoms with Crippen molar-refractivity contribution in [2.45, 2.75) is 39.0 Å². The second-order valence-electron chi connectivity index (χ2n) is 7.83. The summed E-state index contributed by atoms with van der Waals surface area (Å²) in [6.45, 7) is -0.735. The van der Waals surface area contributed by atoms with Gasteiger partial charge in [-0.3, -0.25) is 14.5 Å². The van der Waals surface area contributed by atoms with Crippen LogP contribution in [0.15, 0.2) is 35.2 Å². The predicted octanol–water partition coefficient (Wildman–Crippen LogP) is 7.46. The molecule has 4 aromatic rings. The number of carbonyl (C=O) groups excluding carboxylic acids is 1. The molecule has 0 saturated heterocycles. The van der Waals surface area contributed by atoms with Gasteiger partial charge in [0.1, 0.15) is 5.69 Å². The maximum absolute atomic E-state index is 13.1. The van der Waals surface area contributed by atoms with Gasteiger partial charge in [0.2, 0.25) is 0 Å². The zero-order valence-electron chi connectivity index (χ0n) is 19.8. The molecule has 0 saturated carbocycles. The Labute approximate surface area is 221 Å². The number of rotatable bonds is 11. The molecule has 7 nitrogen and oxygen atoms in total. The average molecular weight is 573 g/mol. The van der Waals surface area contributed by atoms with Crippen molar-refractivity contribution < 1.29 is 36.2 Å². The van der Waals surface area contributed by atoms with Crippen LogP contribution < -0.4 is 14.8 Å². The molecule has 3 heterocycles. The number of benzene rings is 1. The van der Waals surface area contributed by atoms with Crippen LogP contribution in [0.25, 0.3) is 17.1 Å². The molecule has 0 atom stereocenters. The van der Waals surface area contributed by atoms with E-state index in [1.807, 2.05) is 6.92 Å². The number of fused-ring (bicyclic) bond motifs is 1. The van der Waals surface area contributed by atoms with E-state index < -0.39 is 24.4 Å². The summed E-state index contributed by atoms with van der Waals surface area (Å²) in [5, 5.41) is 4.68. The Morgan fingerprint density at radius 2 is 2.00 bits per heavy atom. The zero-order chi connectivity index (χ0) is 27.3. The smallest absolute Gasteiger partial charge is 0.434 e. The molecule has 0 bridgehead atoms. The number of carbonyl (C=O) groups is 1. The van der Waals surface area contributed by atoms with Gasteiger partial charge in [0.15, 0.2) is 27.3 Å². The number of hydrogen-bond donors (Lipinski definition) is 1. The molecule has 1 aromatic carbocycles. The third kappa shape index (κ3) is 6.48. The fourth-order valence-corrected chi connectivity index (χ4v) is 4.90. The van der Waals surface area contributed by atoms with Crippen molar-refractivity contribution in [2.24, 2.45) is 0 Å². The van der Waals surface area contributed by atoms with Gasteiger partial charge < -0.3 is 9.47 Å². The summed E-state index contributed by atoms with van der Waals surface area (Å²) in [5.41, 5.74) is -0.424. The number of alkyl halides is 5. The van der Waals surface area contributed by atoms with Crippen LogP contribution in [-0.2, 0) is 6.18 Å². The van der Waals surface area contributed by atoms with E-state index >= 15 is 0 Å². The number of para-hydroxylation sites is 1. The first kappa shape index (κ1) is 27.5. The molecule has 1 amide bonds. The minimum absolute atomic E-state index is 0.0617. The summed E-state index contributed by atoms with van der Waals surface area (Å²) in [6, 6.07) is 4.53. The maximum atomic E-state index is 13.1. The summed E-state index contributed by atoms with van der Waals surface area (Å²) >= 11 is 1.90. The molecule has 38 heavy (non-hydrogen) atoms. The van der Waals surface area contributed by atoms with E-state index in [9.17, 15) is 26.7 Å². The van der Waals surface area contributed by atoms with Crippen molar-refractivity contribution in [3.63, 3.8) is 0 Å². The molecule has 0 radical (unpaired) electrons. The number of halogens is 5. The number of unbranched alkanes of at least 4 members (excludes halogenated alkanes) is 2. The summed E-state index contributed by atoms with van der Waals surface area (Å²) in [5.74, 6) is -0.731. The molecule has 0 fully saturated rings. The van der Waals surface area contributed by atoms with Crippen molar-refractivity contribution in [2.75, 3.05) is 11.9 Å². The SMILES string of the molecule is CCCCCOc1c(C=Cc2nc3sccn3c2C(=O)Nc2nc(C(F)(F)F)cs2)cccc1OC(F)F. The van der Waals surface area contributed by atoms with Gasteiger partial charge in [0.05, 0.1) is 12.3 Å². The van der Waals surface area contributed by atoms with Crippen molar-refractivity contribution >= 4 is 50.8 Å². The number of aromatic nitrogens is 3. The molecule has 0 aliphatic carbocycles. The molecule has 14 heteroatoms. The highest BCUT2D eigenvalue weighted by Gasteiger charge is 2.34. The lowest BCUT2D eigenvalue weighted by Gasteiger charge is -2.14. The first-order valence-corrected chi connectivity index (χ1v) is 13.1. The average Bonchev–Trinajstić information content (AvgIpc) is 3.57. The lowest BCUT2D eigenvalue weighted by atomic mass is 10.1. The van der Waals surface area contributed by atoms with Crippen molar-refractivity contribution in [3.8, 4) is 11.5 Å². The Morgan fingerprint density at radius 3 is 2.71 bits per heavy atom. The highest BCUT2D eigenvalue weighted by molar-refractivity contribution is 7.15. The van der Waals surface area contributed by atoms with Crippen LogP contribution in [0.5, 0.6) is 11.5 Å². The number of anilines is 1. The third-order valence-electron chi connectivity index (χ3n) is 5.16. The molecule has 3 aromatic heterocycles. The Hall–Kier alpha value is -3.52. The molecule has 0 spiro atoms. The number of nitrogens with zero attached hydrogens (tertiary/aromatic N) is 3. The Kier molecular flexibility index (Phi) is 8.62. The molecule has 202 valence electrons. The Bertz CT molecular complexity index is 1430. The number of hydrogen-bond acceptors (Lipinski definition) is 7. The third-order valence-corrected chi connectivity index (χ3v) is 6.67. The minimum atomic E-state index is -4.64. The summed E-state index contributed by atoms with van der Waals surface area (Å²) in [4.78, 5) is 21.4. The largest absolute Gasteiger partial charge is 0.489 e. The van der Waals surface area contributed by atoms with Crippen LogP contribution in [0.2, 0.25) is 0 Å². The van der Waals surface area contributed by atoms with E-state index in [2.05, 4.69) is 20.0 Å². The first-order valence-electron chi connectivity index (χ1n) is 11.4. The lowest BCUT2D eigenvalue weighted by molar-refractivity contribution is -0.140. The van der Waals surface area contributed by atoms with Crippen molar-refractivity contribution in [3.05, 3.63) is 57.8 Å². The van der Waals surface area contributed by atoms with Crippen LogP contribution in [0, 0.1) is 0 Å². The van der Waals surface area contributed by atoms with E-state index in [-0.39, 0.29) is 28.0 Å². The van der Waals surface area contributed by atoms with E-state index in [1.54, 1.807) is 23.7 Å². The topological polar surface area (TPSA) is 77.8 Å². The van der Waals surface area contributed by atoms with Crippen LogP contribution in [0.4, 0.5) is 27.1 Å². The number of ether oxygens (including phenoxy) is 2. The molecule has 0 unspecified atom stereocenters. The van der Waals surface area contributed by atoms with Gasteiger partial charge in [-0.2, -0.15) is 22.0 Å². The van der Waals surface area contributed by atoms with Crippen LogP contribution in [-0.4, -0.2) is 33.5 Å². The van der Waals surface area contributed by atoms with Crippen LogP contribution in [0.3, 0.4) is 0 Å². The molecular weight excluding hydrogens is 551 g/mol. The quantitative estimate of drug-likeness (QED) is 0.149. The highest BCUT2D eigenvalue weighted by atomic mass is 32.1. The van der Waals surface area contributed by atoms with Gasteiger partial charge in [0.25, 0.3) is 5.91 Å². The molecule has 0 aliphatic rings. The molecular formula is C24H21F5N4O3S2. The zero-order valence-corrected chi connectivity index (χ0v) is 21.4. The lowest BCUT2D eigenvalue weighted by Crippen LogP contribution is -2.15. The normalized spacial score (nSPS) is 12.1. The minimum Gasteiger partial charge on any atom is -0.489 e. The molecule has 1 N–H and O–H groups in total. The number of thiazole rings is 2. The second kappa shape index (κ2) is 11.9. The summed E-state index contributed by atoms with van der Waals surface area (Å²) in [6.07, 6.45) is 2.57. The van der Waals surface area contributed by atoms with E-state index in [1.165, 1.54) is 33.9 Å². The van der Waals surface area contributed by atoms with Gasteiger partial charge in [-0.15, -0.1) is 22.7 Å². The van der Waals surface area contributed by atoms with Crippen LogP contribution in [0.1, 0.15) is 53.6 Å². The van der Waals surface area contributed by atoms with E-state index in [4.69, 9.17) is 4.74 Å². The standard InChI is InChI=1S/C24H21F5N4O3S2/c1-2-3-4-11-35-19-14(6-5-7-16(19)36-21(25)26)8-9-15-18(33-10-12-37-23(33)30-15)20(34)32-22-31-17(13-38-22)24(27,28)29/h5-10,12-13,21H,2-4,11H2,1H3,(H,31,32,34).